The van der Waals surface area contributed by atoms with Crippen molar-refractivity contribution < 1.29 is 0 Å². The van der Waals surface area contributed by atoms with Crippen LogP contribution in [0.3, 0.4) is 0 Å². The third-order valence-corrected chi connectivity index (χ3v) is 6.04. The number of pyridine rings is 1. The summed E-state index contributed by atoms with van der Waals surface area (Å²) in [5.74, 6) is 7.38. The number of thioether (sulfide) groups is 2. The quantitative estimate of drug-likeness (QED) is 0.386. The van der Waals surface area contributed by atoms with Crippen molar-refractivity contribution in [1.82, 2.24) is 24.3 Å². The number of nitrogens with zero attached hydrogens (tertiary/aromatic N) is 5. The number of hydrogen-bond acceptors (Lipinski definition) is 7. The molecule has 0 saturated heterocycles. The minimum atomic E-state index is -0.0994. The maximum absolute atomic E-state index is 12.3. The van der Waals surface area contributed by atoms with Crippen molar-refractivity contribution in [2.24, 2.45) is 0 Å². The van der Waals surface area contributed by atoms with E-state index >= 15 is 0 Å². The molecule has 142 valence electrons. The average Bonchev–Trinajstić information content (AvgIpc) is 3.06. The number of nitrogen functional groups attached to an aromatic ring is 1. The summed E-state index contributed by atoms with van der Waals surface area (Å²) in [4.78, 5) is 16.8. The highest BCUT2D eigenvalue weighted by Crippen LogP contribution is 2.25. The Morgan fingerprint density at radius 2 is 1.71 bits per heavy atom. The number of nitrogens with two attached hydrogens (primary N) is 1. The first-order valence-electron chi connectivity index (χ1n) is 8.59. The topological polar surface area (TPSA) is 91.1 Å². The molecule has 0 bridgehead atoms. The highest BCUT2D eigenvalue weighted by molar-refractivity contribution is 7.99. The van der Waals surface area contributed by atoms with Crippen LogP contribution in [-0.2, 0) is 11.5 Å². The smallest absolute Gasteiger partial charge is 0.258 e. The summed E-state index contributed by atoms with van der Waals surface area (Å²) in [6, 6.07) is 15.4. The predicted octanol–water partition coefficient (Wildman–Crippen LogP) is 2.89. The Hall–Kier alpha value is -2.78. The van der Waals surface area contributed by atoms with E-state index in [9.17, 15) is 4.79 Å². The van der Waals surface area contributed by atoms with Gasteiger partial charge in [-0.15, -0.1) is 10.2 Å². The van der Waals surface area contributed by atoms with Crippen molar-refractivity contribution in [3.63, 3.8) is 0 Å². The summed E-state index contributed by atoms with van der Waals surface area (Å²) >= 11 is 2.93. The van der Waals surface area contributed by atoms with Crippen LogP contribution in [0.15, 0.2) is 69.8 Å². The highest BCUT2D eigenvalue weighted by atomic mass is 32.2. The van der Waals surface area contributed by atoms with Crippen LogP contribution < -0.4 is 11.4 Å². The van der Waals surface area contributed by atoms with Crippen LogP contribution in [0.2, 0.25) is 0 Å². The summed E-state index contributed by atoms with van der Waals surface area (Å²) in [6.45, 7) is 1.94. The number of aryl methyl sites for hydroxylation is 1. The van der Waals surface area contributed by atoms with E-state index in [4.69, 9.17) is 5.84 Å². The fraction of sp³-hybridized carbons (Fsp3) is 0.158. The Morgan fingerprint density at radius 1 is 1.00 bits per heavy atom. The van der Waals surface area contributed by atoms with E-state index in [2.05, 4.69) is 27.3 Å². The molecule has 1 aromatic carbocycles. The largest absolute Gasteiger partial charge is 0.335 e. The molecule has 0 aliphatic heterocycles. The van der Waals surface area contributed by atoms with Crippen LogP contribution in [0.1, 0.15) is 16.8 Å². The molecule has 0 atom stereocenters. The second-order valence-corrected chi connectivity index (χ2v) is 8.10. The number of hydrogen-bond donors (Lipinski definition) is 1. The summed E-state index contributed by atoms with van der Waals surface area (Å²) in [6.07, 6.45) is 1.79. The first-order chi connectivity index (χ1) is 13.6. The lowest BCUT2D eigenvalue weighted by molar-refractivity contribution is 0.781. The summed E-state index contributed by atoms with van der Waals surface area (Å²) in [5, 5.41) is 9.55. The van der Waals surface area contributed by atoms with Crippen molar-refractivity contribution in [2.75, 3.05) is 5.84 Å². The molecule has 7 nitrogen and oxygen atoms in total. The van der Waals surface area contributed by atoms with E-state index in [1.165, 1.54) is 33.8 Å². The van der Waals surface area contributed by atoms with Crippen molar-refractivity contribution in [3.8, 4) is 0 Å². The van der Waals surface area contributed by atoms with Crippen molar-refractivity contribution >= 4 is 29.2 Å². The molecule has 0 spiro atoms. The van der Waals surface area contributed by atoms with Crippen molar-refractivity contribution in [1.29, 1.82) is 0 Å². The zero-order valence-electron chi connectivity index (χ0n) is 15.1. The molecule has 0 aliphatic carbocycles. The van der Waals surface area contributed by atoms with Crippen LogP contribution in [-0.4, -0.2) is 24.3 Å². The Bertz CT molecular complexity index is 1170. The van der Waals surface area contributed by atoms with E-state index in [-0.39, 0.29) is 5.56 Å². The summed E-state index contributed by atoms with van der Waals surface area (Å²) in [7, 11) is 0. The van der Waals surface area contributed by atoms with Crippen molar-refractivity contribution in [3.05, 3.63) is 81.9 Å². The van der Waals surface area contributed by atoms with E-state index in [1.54, 1.807) is 16.7 Å². The fourth-order valence-electron chi connectivity index (χ4n) is 2.65. The van der Waals surface area contributed by atoms with Gasteiger partial charge in [0, 0.05) is 23.8 Å². The zero-order chi connectivity index (χ0) is 19.5. The number of benzene rings is 1. The molecule has 4 aromatic rings. The molecular formula is C19H18N6OS2. The standard InChI is InChI=1S/C19H18N6OS2/c1-13-7-8-16-21-15(9-17(26)24(16)10-13)12-28-19-23-22-18(25(19)20)27-11-14-5-3-2-4-6-14/h2-10H,11-12,20H2,1H3. The molecule has 3 aromatic heterocycles. The maximum Gasteiger partial charge on any atom is 0.258 e. The van der Waals surface area contributed by atoms with Gasteiger partial charge in [-0.1, -0.05) is 59.9 Å². The SMILES string of the molecule is Cc1ccc2nc(CSc3nnc(SCc4ccccc4)n3N)cc(=O)n2c1. The molecule has 3 heterocycles. The first-order valence-corrected chi connectivity index (χ1v) is 10.6. The van der Waals surface area contributed by atoms with E-state index in [0.717, 1.165) is 11.3 Å². The molecular weight excluding hydrogens is 392 g/mol. The zero-order valence-corrected chi connectivity index (χ0v) is 16.8. The van der Waals surface area contributed by atoms with Crippen LogP contribution in [0.5, 0.6) is 0 Å². The molecule has 4 rings (SSSR count). The van der Waals surface area contributed by atoms with E-state index in [1.807, 2.05) is 37.3 Å². The molecule has 0 unspecified atom stereocenters. The predicted molar refractivity (Wildman–Crippen MR) is 112 cm³/mol. The van der Waals surface area contributed by atoms with Gasteiger partial charge in [0.05, 0.1) is 5.69 Å². The Labute approximate surface area is 170 Å². The van der Waals surface area contributed by atoms with Gasteiger partial charge in [-0.3, -0.25) is 9.20 Å². The van der Waals surface area contributed by atoms with Crippen LogP contribution in [0.25, 0.3) is 5.65 Å². The van der Waals surface area contributed by atoms with Gasteiger partial charge in [-0.25, -0.2) is 9.66 Å². The van der Waals surface area contributed by atoms with Gasteiger partial charge in [-0.05, 0) is 24.1 Å². The molecule has 0 fully saturated rings. The van der Waals surface area contributed by atoms with E-state index < -0.39 is 0 Å². The lowest BCUT2D eigenvalue weighted by Crippen LogP contribution is -2.15. The molecule has 28 heavy (non-hydrogen) atoms. The minimum Gasteiger partial charge on any atom is -0.335 e. The second-order valence-electron chi connectivity index (χ2n) is 6.22. The number of rotatable bonds is 6. The number of fused-ring (bicyclic) bond motifs is 1. The maximum atomic E-state index is 12.3. The first kappa shape index (κ1) is 18.6. The Balaban J connectivity index is 1.45. The fourth-order valence-corrected chi connectivity index (χ4v) is 4.27. The Kier molecular flexibility index (Phi) is 5.36. The lowest BCUT2D eigenvalue weighted by Gasteiger charge is -2.05. The van der Waals surface area contributed by atoms with Crippen LogP contribution >= 0.6 is 23.5 Å². The summed E-state index contributed by atoms with van der Waals surface area (Å²) < 4.78 is 3.03. The minimum absolute atomic E-state index is 0.0994. The molecule has 9 heteroatoms. The van der Waals surface area contributed by atoms with Crippen LogP contribution in [0, 0.1) is 6.92 Å². The number of aromatic nitrogens is 5. The summed E-state index contributed by atoms with van der Waals surface area (Å²) in [5.41, 5.74) is 3.41. The average molecular weight is 411 g/mol. The van der Waals surface area contributed by atoms with Crippen molar-refractivity contribution in [2.45, 2.75) is 28.7 Å². The van der Waals surface area contributed by atoms with Gasteiger partial charge in [-0.2, -0.15) is 0 Å². The normalized spacial score (nSPS) is 11.2. The molecule has 0 aliphatic rings. The highest BCUT2D eigenvalue weighted by Gasteiger charge is 2.12. The third kappa shape index (κ3) is 4.05. The molecule has 2 N–H and O–H groups in total. The molecule has 0 saturated carbocycles. The Morgan fingerprint density at radius 3 is 2.46 bits per heavy atom. The van der Waals surface area contributed by atoms with Gasteiger partial charge >= 0.3 is 0 Å². The lowest BCUT2D eigenvalue weighted by atomic mass is 10.2. The molecule has 0 radical (unpaired) electrons. The van der Waals surface area contributed by atoms with Gasteiger partial charge < -0.3 is 5.84 Å². The second kappa shape index (κ2) is 8.07. The van der Waals surface area contributed by atoms with Gasteiger partial charge in [0.25, 0.3) is 5.56 Å². The van der Waals surface area contributed by atoms with Gasteiger partial charge in [0.15, 0.2) is 0 Å². The van der Waals surface area contributed by atoms with E-state index in [0.29, 0.717) is 27.4 Å². The van der Waals surface area contributed by atoms with Gasteiger partial charge in [0.2, 0.25) is 10.3 Å². The van der Waals surface area contributed by atoms with Gasteiger partial charge in [0.1, 0.15) is 5.65 Å². The monoisotopic (exact) mass is 410 g/mol. The third-order valence-electron chi connectivity index (χ3n) is 4.05. The molecule has 0 amide bonds. The van der Waals surface area contributed by atoms with Crippen LogP contribution in [0.4, 0.5) is 0 Å².